The summed E-state index contributed by atoms with van der Waals surface area (Å²) in [6.07, 6.45) is 1.57. The van der Waals surface area contributed by atoms with E-state index in [1.54, 1.807) is 24.5 Å². The van der Waals surface area contributed by atoms with Gasteiger partial charge in [0, 0.05) is 16.8 Å². The molecular weight excluding hydrogens is 246 g/mol. The van der Waals surface area contributed by atoms with Gasteiger partial charge in [0.05, 0.1) is 17.4 Å². The summed E-state index contributed by atoms with van der Waals surface area (Å²) in [5.41, 5.74) is 2.39. The minimum absolute atomic E-state index is 0.0279. The van der Waals surface area contributed by atoms with Crippen LogP contribution in [0.25, 0.3) is 11.0 Å². The van der Waals surface area contributed by atoms with E-state index in [-0.39, 0.29) is 11.1 Å². The Morgan fingerprint density at radius 3 is 2.68 bits per heavy atom. The molecule has 0 aliphatic rings. The Morgan fingerprint density at radius 2 is 2.00 bits per heavy atom. The quantitative estimate of drug-likeness (QED) is 0.734. The molecule has 2 rings (SSSR count). The Morgan fingerprint density at radius 1 is 1.26 bits per heavy atom. The Balaban J connectivity index is 2.23. The first-order valence-corrected chi connectivity index (χ1v) is 5.64. The van der Waals surface area contributed by atoms with Gasteiger partial charge >= 0.3 is 5.97 Å². The summed E-state index contributed by atoms with van der Waals surface area (Å²) in [5.74, 6) is -1.53. The van der Waals surface area contributed by atoms with E-state index in [1.807, 2.05) is 0 Å². The van der Waals surface area contributed by atoms with E-state index in [9.17, 15) is 9.59 Å². The van der Waals surface area contributed by atoms with Crippen LogP contribution in [0, 0.1) is 0 Å². The van der Waals surface area contributed by atoms with Crippen LogP contribution in [0.1, 0.15) is 13.8 Å². The lowest BCUT2D eigenvalue weighted by atomic mass is 10.1. The van der Waals surface area contributed by atoms with E-state index >= 15 is 0 Å². The summed E-state index contributed by atoms with van der Waals surface area (Å²) in [5, 5.41) is 11.5. The molecule has 0 saturated carbocycles. The molecule has 1 amide bonds. The maximum absolute atomic E-state index is 11.9. The first-order chi connectivity index (χ1) is 8.99. The second-order valence-corrected chi connectivity index (χ2v) is 4.14. The molecule has 0 radical (unpaired) electrons. The van der Waals surface area contributed by atoms with Crippen LogP contribution < -0.4 is 5.32 Å². The van der Waals surface area contributed by atoms with Crippen LogP contribution in [0.4, 0.5) is 5.69 Å². The van der Waals surface area contributed by atoms with Crippen LogP contribution >= 0.6 is 0 Å². The number of aliphatic carboxylic acids is 1. The molecular formula is C13H13N3O3. The van der Waals surface area contributed by atoms with Gasteiger partial charge in [0.1, 0.15) is 0 Å². The van der Waals surface area contributed by atoms with E-state index < -0.39 is 11.9 Å². The number of aromatic amines is 1. The second-order valence-electron chi connectivity index (χ2n) is 4.14. The highest BCUT2D eigenvalue weighted by Crippen LogP contribution is 2.16. The number of amides is 1. The number of hydrogen-bond donors (Lipinski definition) is 3. The van der Waals surface area contributed by atoms with Gasteiger partial charge < -0.3 is 15.4 Å². The molecule has 0 aliphatic carbocycles. The zero-order valence-electron chi connectivity index (χ0n) is 10.5. The predicted octanol–water partition coefficient (Wildman–Crippen LogP) is 1.92. The van der Waals surface area contributed by atoms with Crippen LogP contribution in [0.15, 0.2) is 35.7 Å². The third-order valence-corrected chi connectivity index (χ3v) is 2.90. The highest BCUT2D eigenvalue weighted by Gasteiger charge is 2.13. The SMILES string of the molecule is C/C(C(=O)O)=C(\C)C(=O)Nc1ccc2nc[nH]c2c1. The van der Waals surface area contributed by atoms with E-state index in [0.29, 0.717) is 5.69 Å². The van der Waals surface area contributed by atoms with Crippen molar-refractivity contribution < 1.29 is 14.7 Å². The fourth-order valence-electron chi connectivity index (χ4n) is 1.57. The van der Waals surface area contributed by atoms with E-state index in [4.69, 9.17) is 5.11 Å². The van der Waals surface area contributed by atoms with Crippen molar-refractivity contribution in [3.63, 3.8) is 0 Å². The number of rotatable bonds is 3. The summed E-state index contributed by atoms with van der Waals surface area (Å²) in [6, 6.07) is 5.22. The number of aromatic nitrogens is 2. The molecule has 0 atom stereocenters. The molecule has 2 aromatic rings. The Labute approximate surface area is 109 Å². The van der Waals surface area contributed by atoms with Gasteiger partial charge in [-0.3, -0.25) is 4.79 Å². The number of nitrogens with zero attached hydrogens (tertiary/aromatic N) is 1. The van der Waals surface area contributed by atoms with Crippen molar-refractivity contribution in [1.82, 2.24) is 9.97 Å². The fraction of sp³-hybridized carbons (Fsp3) is 0.154. The molecule has 1 aromatic heterocycles. The number of carboxylic acid groups (broad SMARTS) is 1. The number of carbonyl (C=O) groups excluding carboxylic acids is 1. The maximum atomic E-state index is 11.9. The first kappa shape index (κ1) is 12.8. The van der Waals surface area contributed by atoms with Gasteiger partial charge in [0.25, 0.3) is 5.91 Å². The van der Waals surface area contributed by atoms with Gasteiger partial charge in [-0.05, 0) is 32.0 Å². The van der Waals surface area contributed by atoms with Crippen molar-refractivity contribution in [3.05, 3.63) is 35.7 Å². The monoisotopic (exact) mass is 259 g/mol. The molecule has 0 aliphatic heterocycles. The number of nitrogens with one attached hydrogen (secondary N) is 2. The third kappa shape index (κ3) is 2.62. The molecule has 98 valence electrons. The standard InChI is InChI=1S/C13H13N3O3/c1-7(8(2)13(18)19)12(17)16-9-3-4-10-11(5-9)15-6-14-10/h3-6H,1-2H3,(H,14,15)(H,16,17)(H,18,19)/b8-7-. The Bertz CT molecular complexity index is 685. The summed E-state index contributed by atoms with van der Waals surface area (Å²) in [6.45, 7) is 2.88. The Hall–Kier alpha value is -2.63. The second kappa shape index (κ2) is 4.93. The van der Waals surface area contributed by atoms with Gasteiger partial charge in [-0.1, -0.05) is 0 Å². The minimum atomic E-state index is -1.10. The molecule has 0 saturated heterocycles. The van der Waals surface area contributed by atoms with Gasteiger partial charge in [-0.15, -0.1) is 0 Å². The number of H-pyrrole nitrogens is 1. The van der Waals surface area contributed by atoms with Crippen LogP contribution in [-0.4, -0.2) is 27.0 Å². The van der Waals surface area contributed by atoms with Crippen LogP contribution in [0.5, 0.6) is 0 Å². The van der Waals surface area contributed by atoms with Gasteiger partial charge in [-0.2, -0.15) is 0 Å². The predicted molar refractivity (Wildman–Crippen MR) is 70.7 cm³/mol. The van der Waals surface area contributed by atoms with Crippen molar-refractivity contribution in [2.45, 2.75) is 13.8 Å². The molecule has 19 heavy (non-hydrogen) atoms. The molecule has 6 nitrogen and oxygen atoms in total. The van der Waals surface area contributed by atoms with Crippen molar-refractivity contribution in [2.24, 2.45) is 0 Å². The molecule has 1 heterocycles. The number of fused-ring (bicyclic) bond motifs is 1. The average Bonchev–Trinajstić information content (AvgIpc) is 2.84. The smallest absolute Gasteiger partial charge is 0.331 e. The zero-order chi connectivity index (χ0) is 14.0. The topological polar surface area (TPSA) is 95.1 Å². The van der Waals surface area contributed by atoms with Crippen molar-refractivity contribution in [3.8, 4) is 0 Å². The third-order valence-electron chi connectivity index (χ3n) is 2.90. The van der Waals surface area contributed by atoms with Crippen molar-refractivity contribution in [2.75, 3.05) is 5.32 Å². The first-order valence-electron chi connectivity index (χ1n) is 5.64. The van der Waals surface area contributed by atoms with E-state index in [0.717, 1.165) is 11.0 Å². The summed E-state index contributed by atoms with van der Waals surface area (Å²) >= 11 is 0. The Kier molecular flexibility index (Phi) is 3.33. The minimum Gasteiger partial charge on any atom is -0.478 e. The number of hydrogen-bond acceptors (Lipinski definition) is 3. The van der Waals surface area contributed by atoms with Crippen LogP contribution in [0.2, 0.25) is 0 Å². The summed E-state index contributed by atoms with van der Waals surface area (Å²) in [4.78, 5) is 29.7. The van der Waals surface area contributed by atoms with Crippen molar-refractivity contribution >= 4 is 28.6 Å². The lowest BCUT2D eigenvalue weighted by Crippen LogP contribution is -2.16. The van der Waals surface area contributed by atoms with Gasteiger partial charge in [0.15, 0.2) is 0 Å². The fourth-order valence-corrected chi connectivity index (χ4v) is 1.57. The summed E-state index contributed by atoms with van der Waals surface area (Å²) < 4.78 is 0. The molecule has 0 unspecified atom stereocenters. The normalized spacial score (nSPS) is 12.1. The largest absolute Gasteiger partial charge is 0.478 e. The lowest BCUT2D eigenvalue weighted by molar-refractivity contribution is -0.133. The van der Waals surface area contributed by atoms with E-state index in [2.05, 4.69) is 15.3 Å². The number of carbonyl (C=O) groups is 2. The number of benzene rings is 1. The van der Waals surface area contributed by atoms with E-state index in [1.165, 1.54) is 13.8 Å². The van der Waals surface area contributed by atoms with Gasteiger partial charge in [-0.25, -0.2) is 9.78 Å². The molecule has 3 N–H and O–H groups in total. The maximum Gasteiger partial charge on any atom is 0.331 e. The molecule has 6 heteroatoms. The molecule has 1 aromatic carbocycles. The molecule has 0 spiro atoms. The molecule has 0 bridgehead atoms. The van der Waals surface area contributed by atoms with Crippen LogP contribution in [-0.2, 0) is 9.59 Å². The zero-order valence-corrected chi connectivity index (χ0v) is 10.5. The number of anilines is 1. The van der Waals surface area contributed by atoms with Crippen molar-refractivity contribution in [1.29, 1.82) is 0 Å². The number of carboxylic acids is 1. The highest BCUT2D eigenvalue weighted by atomic mass is 16.4. The highest BCUT2D eigenvalue weighted by molar-refractivity contribution is 6.08. The average molecular weight is 259 g/mol. The molecule has 0 fully saturated rings. The van der Waals surface area contributed by atoms with Crippen LogP contribution in [0.3, 0.4) is 0 Å². The summed E-state index contributed by atoms with van der Waals surface area (Å²) in [7, 11) is 0. The lowest BCUT2D eigenvalue weighted by Gasteiger charge is -2.07. The van der Waals surface area contributed by atoms with Gasteiger partial charge in [0.2, 0.25) is 0 Å². The number of imidazole rings is 1.